The number of rotatable bonds is 15. The van der Waals surface area contributed by atoms with Gasteiger partial charge >= 0.3 is 10.1 Å². The number of aliphatic hydroxyl groups excluding tert-OH is 1. The monoisotopic (exact) mass is 527 g/mol. The predicted molar refractivity (Wildman–Crippen MR) is 141 cm³/mol. The van der Waals surface area contributed by atoms with Gasteiger partial charge in [0.15, 0.2) is 0 Å². The highest BCUT2D eigenvalue weighted by molar-refractivity contribution is 8.32. The Hall–Kier alpha value is -2.11. The van der Waals surface area contributed by atoms with Gasteiger partial charge in [-0.25, -0.2) is 3.63 Å². The Morgan fingerprint density at radius 3 is 2.31 bits per heavy atom. The van der Waals surface area contributed by atoms with Crippen LogP contribution in [0.25, 0.3) is 0 Å². The van der Waals surface area contributed by atoms with Crippen LogP contribution in [0.15, 0.2) is 53.4 Å². The molecule has 0 spiro atoms. The Morgan fingerprint density at radius 2 is 1.69 bits per heavy atom. The summed E-state index contributed by atoms with van der Waals surface area (Å²) in [6, 6.07) is 13.3. The molecule has 0 aliphatic rings. The molecule has 0 radical (unpaired) electrons. The third-order valence-corrected chi connectivity index (χ3v) is 9.16. The minimum Gasteiger partial charge on any atom is -0.491 e. The Kier molecular flexibility index (Phi) is 11.5. The van der Waals surface area contributed by atoms with Crippen LogP contribution in [0.2, 0.25) is 0 Å². The quantitative estimate of drug-likeness (QED) is 0.333. The zero-order chi connectivity index (χ0) is 25.9. The highest BCUT2D eigenvalue weighted by Crippen LogP contribution is 2.45. The Morgan fingerprint density at radius 1 is 1.03 bits per heavy atom. The lowest BCUT2D eigenvalue weighted by Crippen LogP contribution is -2.23. The van der Waals surface area contributed by atoms with Gasteiger partial charge < -0.3 is 19.9 Å². The second kappa shape index (κ2) is 13.8. The van der Waals surface area contributed by atoms with Gasteiger partial charge in [-0.1, -0.05) is 31.0 Å². The summed E-state index contributed by atoms with van der Waals surface area (Å²) >= 11 is 0. The number of anilines is 1. The molecule has 2 rings (SSSR count). The van der Waals surface area contributed by atoms with Gasteiger partial charge in [0.25, 0.3) is 0 Å². The minimum atomic E-state index is -3.90. The SMILES string of the molecule is CCCCOCC(O)COc1ccc(NC(=O)CCS(C)(C)OS(=O)(=O)c2ccc(C)cc2)cc1. The molecule has 2 aromatic rings. The molecular weight excluding hydrogens is 490 g/mol. The zero-order valence-corrected chi connectivity index (χ0v) is 22.5. The number of hydrogen-bond acceptors (Lipinski definition) is 7. The molecule has 196 valence electrons. The van der Waals surface area contributed by atoms with Crippen molar-refractivity contribution in [3.8, 4) is 5.75 Å². The summed E-state index contributed by atoms with van der Waals surface area (Å²) in [6.45, 7) is 4.91. The topological polar surface area (TPSA) is 111 Å². The summed E-state index contributed by atoms with van der Waals surface area (Å²) in [4.78, 5) is 12.5. The van der Waals surface area contributed by atoms with E-state index in [0.717, 1.165) is 18.4 Å². The fraction of sp³-hybridized carbons (Fsp3) is 0.480. The molecule has 0 aliphatic heterocycles. The molecule has 0 heterocycles. The van der Waals surface area contributed by atoms with Crippen molar-refractivity contribution in [1.29, 1.82) is 0 Å². The maximum Gasteiger partial charge on any atom is 0.306 e. The van der Waals surface area contributed by atoms with Crippen LogP contribution in [0.3, 0.4) is 0 Å². The first-order valence-electron chi connectivity index (χ1n) is 11.5. The van der Waals surface area contributed by atoms with Crippen molar-refractivity contribution in [3.05, 3.63) is 54.1 Å². The first kappa shape index (κ1) is 29.1. The van der Waals surface area contributed by atoms with E-state index in [9.17, 15) is 18.3 Å². The van der Waals surface area contributed by atoms with Crippen molar-refractivity contribution in [3.63, 3.8) is 0 Å². The first-order chi connectivity index (χ1) is 16.5. The number of ether oxygens (including phenoxy) is 2. The molecule has 1 amide bonds. The normalized spacial score (nSPS) is 13.3. The molecule has 0 bridgehead atoms. The van der Waals surface area contributed by atoms with Crippen molar-refractivity contribution in [2.45, 2.75) is 44.1 Å². The number of carbonyl (C=O) groups is 1. The fourth-order valence-electron chi connectivity index (χ4n) is 2.92. The van der Waals surface area contributed by atoms with E-state index in [2.05, 4.69) is 12.2 Å². The number of benzene rings is 2. The van der Waals surface area contributed by atoms with Crippen LogP contribution < -0.4 is 10.1 Å². The largest absolute Gasteiger partial charge is 0.491 e. The van der Waals surface area contributed by atoms with E-state index >= 15 is 0 Å². The maximum atomic E-state index is 12.6. The van der Waals surface area contributed by atoms with E-state index in [1.807, 2.05) is 6.92 Å². The number of carbonyl (C=O) groups excluding carboxylic acids is 1. The van der Waals surface area contributed by atoms with Crippen LogP contribution in [0.1, 0.15) is 31.7 Å². The van der Waals surface area contributed by atoms with Crippen LogP contribution in [-0.4, -0.2) is 63.6 Å². The van der Waals surface area contributed by atoms with Crippen molar-refractivity contribution >= 4 is 32.0 Å². The van der Waals surface area contributed by atoms with Gasteiger partial charge in [0, 0.05) is 24.5 Å². The molecule has 0 aliphatic carbocycles. The maximum absolute atomic E-state index is 12.6. The van der Waals surface area contributed by atoms with Crippen molar-refractivity contribution < 1.29 is 31.4 Å². The molecular formula is C25H37NO7S2. The van der Waals surface area contributed by atoms with Crippen LogP contribution in [0.4, 0.5) is 5.69 Å². The second-order valence-electron chi connectivity index (χ2n) is 8.69. The van der Waals surface area contributed by atoms with Crippen LogP contribution in [-0.2, 0) is 23.3 Å². The molecule has 2 aromatic carbocycles. The molecule has 2 N–H and O–H groups in total. The van der Waals surface area contributed by atoms with Crippen molar-refractivity contribution in [2.24, 2.45) is 0 Å². The van der Waals surface area contributed by atoms with Crippen LogP contribution >= 0.6 is 10.3 Å². The lowest BCUT2D eigenvalue weighted by Gasteiger charge is -2.29. The number of amides is 1. The van der Waals surface area contributed by atoms with Gasteiger partial charge in [-0.15, -0.1) is 10.3 Å². The molecule has 0 fully saturated rings. The number of unbranched alkanes of at least 4 members (excludes halogenated alkanes) is 1. The first-order valence-corrected chi connectivity index (χ1v) is 15.5. The average molecular weight is 528 g/mol. The lowest BCUT2D eigenvalue weighted by atomic mass is 10.2. The molecule has 0 saturated carbocycles. The number of nitrogens with one attached hydrogen (secondary N) is 1. The van der Waals surface area contributed by atoms with E-state index < -0.39 is 26.5 Å². The molecule has 8 nitrogen and oxygen atoms in total. The summed E-state index contributed by atoms with van der Waals surface area (Å²) in [7, 11) is -5.92. The van der Waals surface area contributed by atoms with Gasteiger partial charge in [0.05, 0.1) is 11.5 Å². The smallest absolute Gasteiger partial charge is 0.306 e. The van der Waals surface area contributed by atoms with E-state index in [1.54, 1.807) is 48.9 Å². The Bertz CT molecular complexity index is 1020. The highest BCUT2D eigenvalue weighted by atomic mass is 32.3. The molecule has 1 atom stereocenters. The van der Waals surface area contributed by atoms with Crippen LogP contribution in [0.5, 0.6) is 5.75 Å². The fourth-order valence-corrected chi connectivity index (χ4v) is 6.60. The Balaban J connectivity index is 1.77. The van der Waals surface area contributed by atoms with E-state index in [4.69, 9.17) is 13.1 Å². The average Bonchev–Trinajstić information content (AvgIpc) is 2.80. The van der Waals surface area contributed by atoms with Gasteiger partial charge in [0.1, 0.15) is 18.5 Å². The van der Waals surface area contributed by atoms with Gasteiger partial charge in [0.2, 0.25) is 5.91 Å². The van der Waals surface area contributed by atoms with Gasteiger partial charge in [-0.2, -0.15) is 8.42 Å². The summed E-state index contributed by atoms with van der Waals surface area (Å²) in [6.07, 6.45) is 4.85. The number of aryl methyl sites for hydroxylation is 1. The van der Waals surface area contributed by atoms with E-state index in [1.165, 1.54) is 12.1 Å². The molecule has 10 heteroatoms. The molecule has 0 aromatic heterocycles. The summed E-state index contributed by atoms with van der Waals surface area (Å²) in [5, 5.41) is 12.7. The van der Waals surface area contributed by atoms with Crippen LogP contribution in [0, 0.1) is 6.92 Å². The minimum absolute atomic E-state index is 0.104. The van der Waals surface area contributed by atoms with E-state index in [-0.39, 0.29) is 30.4 Å². The summed E-state index contributed by atoms with van der Waals surface area (Å²) in [5.74, 6) is 0.620. The third kappa shape index (κ3) is 11.0. The number of aliphatic hydroxyl groups is 1. The summed E-state index contributed by atoms with van der Waals surface area (Å²) in [5.41, 5.74) is 1.55. The molecule has 35 heavy (non-hydrogen) atoms. The molecule has 1 unspecified atom stereocenters. The standard InChI is InChI=1S/C25H37NO7S2/c1-5-6-16-31-18-22(27)19-32-23-11-9-21(10-12-23)26-25(28)15-17-34(3,4)33-35(29,30)24-13-7-20(2)8-14-24/h7-14,22,27H,5-6,15-19H2,1-4H3,(H,26,28). The zero-order valence-electron chi connectivity index (χ0n) is 20.9. The lowest BCUT2D eigenvalue weighted by molar-refractivity contribution is -0.115. The third-order valence-electron chi connectivity index (χ3n) is 4.94. The predicted octanol–water partition coefficient (Wildman–Crippen LogP) is 4.26. The highest BCUT2D eigenvalue weighted by Gasteiger charge is 2.25. The van der Waals surface area contributed by atoms with Crippen molar-refractivity contribution in [2.75, 3.05) is 43.4 Å². The Labute approximate surface area is 210 Å². The number of hydrogen-bond donors (Lipinski definition) is 2. The van der Waals surface area contributed by atoms with Gasteiger partial charge in [-0.3, -0.25) is 4.79 Å². The molecule has 0 saturated heterocycles. The van der Waals surface area contributed by atoms with Crippen molar-refractivity contribution in [1.82, 2.24) is 0 Å². The summed E-state index contributed by atoms with van der Waals surface area (Å²) < 4.78 is 41.5. The van der Waals surface area contributed by atoms with Gasteiger partial charge in [-0.05, 0) is 62.3 Å². The second-order valence-corrected chi connectivity index (χ2v) is 13.9. The van der Waals surface area contributed by atoms with E-state index in [0.29, 0.717) is 23.8 Å².